The number of nitrogens with one attached hydrogen (secondary N) is 2. The van der Waals surface area contributed by atoms with Gasteiger partial charge in [0.2, 0.25) is 5.91 Å². The van der Waals surface area contributed by atoms with Crippen LogP contribution in [-0.4, -0.2) is 28.7 Å². The quantitative estimate of drug-likeness (QED) is 0.256. The van der Waals surface area contributed by atoms with Crippen LogP contribution in [0.4, 0.5) is 23.7 Å². The summed E-state index contributed by atoms with van der Waals surface area (Å²) < 4.78 is 46.2. The molecule has 0 unspecified atom stereocenters. The molecular weight excluding hydrogens is 519 g/mol. The predicted molar refractivity (Wildman–Crippen MR) is 151 cm³/mol. The Morgan fingerprint density at radius 2 is 1.52 bits per heavy atom. The molecule has 0 saturated heterocycles. The molecule has 6 nitrogen and oxygen atoms in total. The van der Waals surface area contributed by atoms with Gasteiger partial charge in [-0.3, -0.25) is 4.79 Å². The lowest BCUT2D eigenvalue weighted by atomic mass is 9.99. The number of carbonyl (C=O) groups is 2. The van der Waals surface area contributed by atoms with Crippen molar-refractivity contribution in [1.29, 1.82) is 0 Å². The van der Waals surface area contributed by atoms with E-state index in [2.05, 4.69) is 30.7 Å². The molecule has 4 aromatic rings. The molecule has 0 radical (unpaired) electrons. The highest BCUT2D eigenvalue weighted by Crippen LogP contribution is 2.35. The molecule has 1 heterocycles. The van der Waals surface area contributed by atoms with Gasteiger partial charge in [-0.2, -0.15) is 13.2 Å². The van der Waals surface area contributed by atoms with Crippen LogP contribution in [0.1, 0.15) is 51.7 Å². The predicted octanol–water partition coefficient (Wildman–Crippen LogP) is 7.90. The number of nitrogens with zero attached hydrogens (tertiary/aromatic N) is 1. The van der Waals surface area contributed by atoms with Crippen molar-refractivity contribution in [2.45, 2.75) is 52.3 Å². The minimum Gasteiger partial charge on any atom is -0.444 e. The lowest BCUT2D eigenvalue weighted by Crippen LogP contribution is -2.37. The average molecular weight is 552 g/mol. The Morgan fingerprint density at radius 1 is 0.900 bits per heavy atom. The van der Waals surface area contributed by atoms with Crippen LogP contribution in [0.3, 0.4) is 0 Å². The van der Waals surface area contributed by atoms with E-state index < -0.39 is 29.3 Å². The van der Waals surface area contributed by atoms with E-state index in [0.717, 1.165) is 39.8 Å². The molecule has 0 spiro atoms. The number of hydrogen-bond acceptors (Lipinski definition) is 3. The van der Waals surface area contributed by atoms with Crippen LogP contribution in [0.2, 0.25) is 0 Å². The third-order valence-corrected chi connectivity index (χ3v) is 6.23. The molecule has 2 amide bonds. The summed E-state index contributed by atoms with van der Waals surface area (Å²) >= 11 is 0. The third-order valence-electron chi connectivity index (χ3n) is 6.23. The van der Waals surface area contributed by atoms with E-state index in [9.17, 15) is 22.8 Å². The lowest BCUT2D eigenvalue weighted by Gasteiger charge is -2.19. The van der Waals surface area contributed by atoms with E-state index in [1.807, 2.05) is 34.9 Å². The molecule has 0 saturated carbocycles. The summed E-state index contributed by atoms with van der Waals surface area (Å²) in [6, 6.07) is 18.3. The molecule has 210 valence electrons. The summed E-state index contributed by atoms with van der Waals surface area (Å²) in [6.45, 7) is 9.19. The second kappa shape index (κ2) is 11.1. The highest BCUT2D eigenvalue weighted by atomic mass is 19.4. The number of alkyl carbamates (subject to hydrolysis) is 1. The number of fused-ring (bicyclic) bond motifs is 1. The van der Waals surface area contributed by atoms with Crippen molar-refractivity contribution < 1.29 is 27.5 Å². The number of alkyl halides is 3. The molecule has 1 aromatic heterocycles. The van der Waals surface area contributed by atoms with Crippen LogP contribution in [0.5, 0.6) is 0 Å². The van der Waals surface area contributed by atoms with Crippen molar-refractivity contribution in [3.63, 3.8) is 0 Å². The number of ether oxygens (including phenoxy) is 1. The molecule has 0 atom stereocenters. The van der Waals surface area contributed by atoms with Crippen molar-refractivity contribution in [2.75, 3.05) is 11.9 Å². The summed E-state index contributed by atoms with van der Waals surface area (Å²) in [5.74, 6) is -0.148. The van der Waals surface area contributed by atoms with Crippen molar-refractivity contribution in [2.24, 2.45) is 0 Å². The Balaban J connectivity index is 1.57. The first-order valence-corrected chi connectivity index (χ1v) is 12.9. The van der Waals surface area contributed by atoms with Crippen molar-refractivity contribution in [1.82, 2.24) is 9.88 Å². The molecule has 40 heavy (non-hydrogen) atoms. The number of hydrogen-bond donors (Lipinski definition) is 2. The fourth-order valence-electron chi connectivity index (χ4n) is 4.34. The maximum atomic E-state index is 13.0. The molecule has 2 N–H and O–H groups in total. The highest BCUT2D eigenvalue weighted by Gasteiger charge is 2.30. The maximum absolute atomic E-state index is 13.0. The Kier molecular flexibility index (Phi) is 7.95. The first-order chi connectivity index (χ1) is 18.7. The van der Waals surface area contributed by atoms with E-state index in [1.165, 1.54) is 12.1 Å². The Hall–Kier alpha value is -4.27. The molecule has 0 fully saturated rings. The summed E-state index contributed by atoms with van der Waals surface area (Å²) in [6.07, 6.45) is -3.00. The Labute approximate surface area is 231 Å². The second-order valence-electron chi connectivity index (χ2n) is 10.9. The van der Waals surface area contributed by atoms with Crippen LogP contribution in [0.25, 0.3) is 27.7 Å². The van der Waals surface area contributed by atoms with Gasteiger partial charge in [0, 0.05) is 23.0 Å². The number of halogens is 3. The molecule has 0 bridgehead atoms. The van der Waals surface area contributed by atoms with Gasteiger partial charge in [0.15, 0.2) is 0 Å². The van der Waals surface area contributed by atoms with E-state index in [-0.39, 0.29) is 12.5 Å². The van der Waals surface area contributed by atoms with E-state index in [0.29, 0.717) is 11.3 Å². The largest absolute Gasteiger partial charge is 0.444 e. The molecule has 0 aliphatic rings. The molecule has 0 aliphatic heterocycles. The van der Waals surface area contributed by atoms with Crippen LogP contribution in [0.15, 0.2) is 72.9 Å². The van der Waals surface area contributed by atoms with Crippen molar-refractivity contribution >= 4 is 28.6 Å². The minimum absolute atomic E-state index is 0.233. The number of amides is 2. The van der Waals surface area contributed by atoms with Gasteiger partial charge >= 0.3 is 12.3 Å². The van der Waals surface area contributed by atoms with Crippen LogP contribution < -0.4 is 10.6 Å². The van der Waals surface area contributed by atoms with Crippen molar-refractivity contribution in [3.05, 3.63) is 84.1 Å². The fourth-order valence-corrected chi connectivity index (χ4v) is 4.34. The van der Waals surface area contributed by atoms with Gasteiger partial charge in [0.25, 0.3) is 0 Å². The number of benzene rings is 3. The first-order valence-electron chi connectivity index (χ1n) is 12.9. The standard InChI is InChI=1S/C31H32F3N3O3/c1-19(2)26-18-37(24-13-11-23(12-14-24)36-28(38)17-35-29(39)40-30(3,4)5)27-16-21(8-15-25(26)27)20-6-9-22(10-7-20)31(32,33)34/h6-16,18-19H,17H2,1-5H3,(H,35,39)(H,36,38). The zero-order chi connectivity index (χ0) is 29.2. The van der Waals surface area contributed by atoms with Crippen LogP contribution in [-0.2, 0) is 15.7 Å². The Morgan fingerprint density at radius 3 is 2.10 bits per heavy atom. The van der Waals surface area contributed by atoms with Gasteiger partial charge in [-0.05, 0) is 85.8 Å². The van der Waals surface area contributed by atoms with Crippen LogP contribution in [0, 0.1) is 0 Å². The fraction of sp³-hybridized carbons (Fsp3) is 0.290. The molecular formula is C31H32F3N3O3. The minimum atomic E-state index is -4.39. The van der Waals surface area contributed by atoms with Gasteiger partial charge in [0.1, 0.15) is 12.1 Å². The summed E-state index contributed by atoms with van der Waals surface area (Å²) in [4.78, 5) is 24.1. The van der Waals surface area contributed by atoms with Gasteiger partial charge in [-0.15, -0.1) is 0 Å². The zero-order valence-corrected chi connectivity index (χ0v) is 23.0. The number of aromatic nitrogens is 1. The second-order valence-corrected chi connectivity index (χ2v) is 10.9. The zero-order valence-electron chi connectivity index (χ0n) is 23.0. The number of rotatable bonds is 6. The topological polar surface area (TPSA) is 72.4 Å². The molecule has 0 aliphatic carbocycles. The van der Waals surface area contributed by atoms with Gasteiger partial charge in [-0.1, -0.05) is 38.1 Å². The third kappa shape index (κ3) is 6.83. The summed E-state index contributed by atoms with van der Waals surface area (Å²) in [7, 11) is 0. The van der Waals surface area contributed by atoms with E-state index >= 15 is 0 Å². The maximum Gasteiger partial charge on any atom is 0.416 e. The van der Waals surface area contributed by atoms with Gasteiger partial charge < -0.3 is 19.9 Å². The highest BCUT2D eigenvalue weighted by molar-refractivity contribution is 5.94. The summed E-state index contributed by atoms with van der Waals surface area (Å²) in [5, 5.41) is 6.22. The molecule has 4 rings (SSSR count). The SMILES string of the molecule is CC(C)c1cn(-c2ccc(NC(=O)CNC(=O)OC(C)(C)C)cc2)c2cc(-c3ccc(C(F)(F)F)cc3)ccc12. The summed E-state index contributed by atoms with van der Waals surface area (Å²) in [5.41, 5.74) is 3.61. The first kappa shape index (κ1) is 28.7. The molecule has 3 aromatic carbocycles. The van der Waals surface area contributed by atoms with E-state index in [4.69, 9.17) is 4.74 Å². The average Bonchev–Trinajstić information content (AvgIpc) is 3.26. The van der Waals surface area contributed by atoms with Crippen molar-refractivity contribution in [3.8, 4) is 16.8 Å². The smallest absolute Gasteiger partial charge is 0.416 e. The van der Waals surface area contributed by atoms with Crippen LogP contribution >= 0.6 is 0 Å². The number of anilines is 1. The van der Waals surface area contributed by atoms with Gasteiger partial charge in [0.05, 0.1) is 11.1 Å². The number of carbonyl (C=O) groups excluding carboxylic acids is 2. The monoisotopic (exact) mass is 551 g/mol. The van der Waals surface area contributed by atoms with E-state index in [1.54, 1.807) is 32.9 Å². The normalized spacial score (nSPS) is 12.0. The Bertz CT molecular complexity index is 1510. The van der Waals surface area contributed by atoms with Gasteiger partial charge in [-0.25, -0.2) is 4.79 Å². The molecule has 9 heteroatoms. The lowest BCUT2D eigenvalue weighted by molar-refractivity contribution is -0.137.